The van der Waals surface area contributed by atoms with Gasteiger partial charge in [-0.2, -0.15) is 0 Å². The van der Waals surface area contributed by atoms with Crippen LogP contribution in [0.25, 0.3) is 0 Å². The van der Waals surface area contributed by atoms with E-state index in [-0.39, 0.29) is 29.6 Å². The van der Waals surface area contributed by atoms with Crippen molar-refractivity contribution in [3.63, 3.8) is 0 Å². The Balaban J connectivity index is 2.90. The number of nitro groups is 1. The smallest absolute Gasteiger partial charge is 0.211 e. The largest absolute Gasteiger partial charge is 0.378 e. The fraction of sp³-hybridized carbons (Fsp3) is 0.462. The van der Waals surface area contributed by atoms with Crippen molar-refractivity contribution in [2.75, 3.05) is 25.5 Å². The van der Waals surface area contributed by atoms with Gasteiger partial charge in [-0.3, -0.25) is 10.1 Å². The summed E-state index contributed by atoms with van der Waals surface area (Å²) >= 11 is 0. The van der Waals surface area contributed by atoms with Gasteiger partial charge in [0.15, 0.2) is 0 Å². The Morgan fingerprint density at radius 2 is 1.89 bits per heavy atom. The van der Waals surface area contributed by atoms with Crippen LogP contribution in [-0.4, -0.2) is 31.3 Å². The average Bonchev–Trinajstić information content (AvgIpc) is 2.27. The molecular weight excluding hydrogens is 232 g/mol. The molecule has 98 valence electrons. The maximum Gasteiger partial charge on any atom is 0.211 e. The van der Waals surface area contributed by atoms with E-state index >= 15 is 0 Å². The van der Waals surface area contributed by atoms with Gasteiger partial charge in [-0.15, -0.1) is 0 Å². The molecule has 0 bridgehead atoms. The third-order valence-electron chi connectivity index (χ3n) is 2.78. The van der Waals surface area contributed by atoms with Crippen molar-refractivity contribution in [2.45, 2.75) is 19.3 Å². The molecule has 18 heavy (non-hydrogen) atoms. The van der Waals surface area contributed by atoms with Gasteiger partial charge >= 0.3 is 0 Å². The van der Waals surface area contributed by atoms with Crippen molar-refractivity contribution in [2.24, 2.45) is 0 Å². The maximum atomic E-state index is 11.2. The van der Waals surface area contributed by atoms with E-state index in [1.54, 1.807) is 0 Å². The van der Waals surface area contributed by atoms with Gasteiger partial charge in [0.25, 0.3) is 0 Å². The highest BCUT2D eigenvalue weighted by molar-refractivity contribution is 5.76. The number of hydrogen-bond donors (Lipinski definition) is 0. The van der Waals surface area contributed by atoms with Crippen LogP contribution in [0.1, 0.15) is 24.8 Å². The minimum atomic E-state index is -0.368. The molecule has 5 heteroatoms. The molecule has 1 rings (SSSR count). The normalized spacial score (nSPS) is 11.9. The first-order chi connectivity index (χ1) is 8.40. The fourth-order valence-corrected chi connectivity index (χ4v) is 1.86. The number of Topliss-reactive ketones (excluding diaryl/α,β-unsaturated/α-hetero) is 1. The minimum absolute atomic E-state index is 0.0291. The average molecular weight is 250 g/mol. The summed E-state index contributed by atoms with van der Waals surface area (Å²) in [5, 5.41) is 10.6. The quantitative estimate of drug-likeness (QED) is 0.573. The number of carbonyl (C=O) groups excluding carboxylic acids is 1. The summed E-state index contributed by atoms with van der Waals surface area (Å²) in [6.45, 7) is 1.25. The van der Waals surface area contributed by atoms with Crippen LogP contribution in [-0.2, 0) is 4.79 Å². The second-order valence-electron chi connectivity index (χ2n) is 4.60. The van der Waals surface area contributed by atoms with E-state index in [2.05, 4.69) is 0 Å². The first kappa shape index (κ1) is 14.2. The maximum absolute atomic E-state index is 11.2. The summed E-state index contributed by atoms with van der Waals surface area (Å²) < 4.78 is 0. The molecule has 5 nitrogen and oxygen atoms in total. The molecule has 0 aliphatic rings. The van der Waals surface area contributed by atoms with Gasteiger partial charge in [-0.05, 0) is 24.6 Å². The lowest BCUT2D eigenvalue weighted by atomic mass is 9.94. The van der Waals surface area contributed by atoms with Crippen molar-refractivity contribution in [1.82, 2.24) is 0 Å². The van der Waals surface area contributed by atoms with Crippen LogP contribution in [0.3, 0.4) is 0 Å². The van der Waals surface area contributed by atoms with Gasteiger partial charge in [0.05, 0.1) is 5.92 Å². The highest BCUT2D eigenvalue weighted by Gasteiger charge is 2.19. The number of rotatable bonds is 6. The van der Waals surface area contributed by atoms with Crippen LogP contribution in [0.2, 0.25) is 0 Å². The molecule has 1 aromatic rings. The molecule has 1 unspecified atom stereocenters. The van der Waals surface area contributed by atoms with E-state index in [0.29, 0.717) is 0 Å². The number of ketones is 1. The Morgan fingerprint density at radius 1 is 1.33 bits per heavy atom. The SMILES string of the molecule is CC(=O)CC(C[N+](=O)[O-])c1ccc(N(C)C)cc1. The van der Waals surface area contributed by atoms with Crippen LogP contribution in [0.15, 0.2) is 24.3 Å². The van der Waals surface area contributed by atoms with Crippen LogP contribution in [0, 0.1) is 10.1 Å². The first-order valence-electron chi connectivity index (χ1n) is 5.78. The van der Waals surface area contributed by atoms with E-state index in [9.17, 15) is 14.9 Å². The van der Waals surface area contributed by atoms with E-state index in [0.717, 1.165) is 11.3 Å². The fourth-order valence-electron chi connectivity index (χ4n) is 1.86. The third-order valence-corrected chi connectivity index (χ3v) is 2.78. The van der Waals surface area contributed by atoms with E-state index < -0.39 is 0 Å². The molecule has 0 spiro atoms. The monoisotopic (exact) mass is 250 g/mol. The predicted molar refractivity (Wildman–Crippen MR) is 70.7 cm³/mol. The molecule has 0 fully saturated rings. The van der Waals surface area contributed by atoms with E-state index in [1.165, 1.54) is 6.92 Å². The highest BCUT2D eigenvalue weighted by Crippen LogP contribution is 2.23. The summed E-state index contributed by atoms with van der Waals surface area (Å²) in [7, 11) is 3.86. The molecule has 0 amide bonds. The summed E-state index contributed by atoms with van der Waals surface area (Å²) in [6, 6.07) is 7.52. The Kier molecular flexibility index (Phi) is 4.83. The van der Waals surface area contributed by atoms with Gasteiger partial charge in [-0.25, -0.2) is 0 Å². The number of hydrogen-bond acceptors (Lipinski definition) is 4. The second kappa shape index (κ2) is 6.14. The van der Waals surface area contributed by atoms with Gasteiger partial charge in [0.1, 0.15) is 5.78 Å². The molecule has 0 heterocycles. The van der Waals surface area contributed by atoms with Crippen LogP contribution in [0.5, 0.6) is 0 Å². The summed E-state index contributed by atoms with van der Waals surface area (Å²) in [5.41, 5.74) is 1.87. The lowest BCUT2D eigenvalue weighted by Gasteiger charge is -2.15. The number of nitrogens with zero attached hydrogens (tertiary/aromatic N) is 2. The van der Waals surface area contributed by atoms with Crippen molar-refractivity contribution in [1.29, 1.82) is 0 Å². The van der Waals surface area contributed by atoms with Crippen LogP contribution >= 0.6 is 0 Å². The Morgan fingerprint density at radius 3 is 2.28 bits per heavy atom. The van der Waals surface area contributed by atoms with Crippen molar-refractivity contribution >= 4 is 11.5 Å². The Hall–Kier alpha value is -1.91. The number of carbonyl (C=O) groups is 1. The summed E-state index contributed by atoms with van der Waals surface area (Å²) in [5.74, 6) is -0.368. The van der Waals surface area contributed by atoms with Gasteiger partial charge < -0.3 is 9.69 Å². The van der Waals surface area contributed by atoms with Crippen molar-refractivity contribution in [3.8, 4) is 0 Å². The molecule has 0 aliphatic carbocycles. The first-order valence-corrected chi connectivity index (χ1v) is 5.78. The third kappa shape index (κ3) is 4.16. The topological polar surface area (TPSA) is 63.4 Å². The molecular formula is C13H18N2O3. The molecule has 0 saturated heterocycles. The predicted octanol–water partition coefficient (Wildman–Crippen LogP) is 2.09. The molecule has 0 radical (unpaired) electrons. The van der Waals surface area contributed by atoms with Crippen molar-refractivity contribution in [3.05, 3.63) is 39.9 Å². The second-order valence-corrected chi connectivity index (χ2v) is 4.60. The van der Waals surface area contributed by atoms with Crippen LogP contribution < -0.4 is 4.90 Å². The lowest BCUT2D eigenvalue weighted by molar-refractivity contribution is -0.483. The zero-order valence-electron chi connectivity index (χ0n) is 10.9. The molecule has 0 aromatic heterocycles. The van der Waals surface area contributed by atoms with E-state index in [1.807, 2.05) is 43.3 Å². The summed E-state index contributed by atoms with van der Waals surface area (Å²) in [4.78, 5) is 23.4. The standard InChI is InChI=1S/C13H18N2O3/c1-10(16)8-12(9-15(17)18)11-4-6-13(7-5-11)14(2)3/h4-7,12H,8-9H2,1-3H3. The molecule has 0 N–H and O–H groups in total. The lowest BCUT2D eigenvalue weighted by Crippen LogP contribution is -2.15. The zero-order chi connectivity index (χ0) is 13.7. The minimum Gasteiger partial charge on any atom is -0.378 e. The van der Waals surface area contributed by atoms with E-state index in [4.69, 9.17) is 0 Å². The molecule has 1 aromatic carbocycles. The van der Waals surface area contributed by atoms with Gasteiger partial charge in [-0.1, -0.05) is 12.1 Å². The Bertz CT molecular complexity index is 410. The van der Waals surface area contributed by atoms with Gasteiger partial charge in [0, 0.05) is 31.1 Å². The number of benzene rings is 1. The number of anilines is 1. The molecule has 1 atom stereocenters. The van der Waals surface area contributed by atoms with Crippen molar-refractivity contribution < 1.29 is 9.72 Å². The molecule has 0 aliphatic heterocycles. The Labute approximate surface area is 107 Å². The zero-order valence-corrected chi connectivity index (χ0v) is 10.9. The summed E-state index contributed by atoms with van der Waals surface area (Å²) in [6.07, 6.45) is 0.211. The van der Waals surface area contributed by atoms with Crippen LogP contribution in [0.4, 0.5) is 5.69 Å². The molecule has 0 saturated carbocycles. The van der Waals surface area contributed by atoms with Gasteiger partial charge in [0.2, 0.25) is 6.54 Å². The highest BCUT2D eigenvalue weighted by atomic mass is 16.6.